The Morgan fingerprint density at radius 1 is 1.07 bits per heavy atom. The van der Waals surface area contributed by atoms with Crippen LogP contribution in [0.5, 0.6) is 0 Å². The Hall–Kier alpha value is -2.68. The maximum Gasteiger partial charge on any atom is 0.337 e. The highest BCUT2D eigenvalue weighted by Crippen LogP contribution is 2.24. The zero-order valence-corrected chi connectivity index (χ0v) is 17.2. The molecule has 0 aliphatic rings. The monoisotopic (exact) mass is 437 g/mol. The highest BCUT2D eigenvalue weighted by molar-refractivity contribution is 9.10. The molecule has 8 nitrogen and oxygen atoms in total. The van der Waals surface area contributed by atoms with Gasteiger partial charge >= 0.3 is 11.9 Å². The summed E-state index contributed by atoms with van der Waals surface area (Å²) in [4.78, 5) is 36.4. The number of hydrogen-bond acceptors (Lipinski definition) is 6. The summed E-state index contributed by atoms with van der Waals surface area (Å²) in [6.07, 6.45) is 0. The summed E-state index contributed by atoms with van der Waals surface area (Å²) < 4.78 is 11.8. The van der Waals surface area contributed by atoms with E-state index in [4.69, 9.17) is 0 Å². The first-order valence-corrected chi connectivity index (χ1v) is 8.82. The number of carbonyl (C=O) groups excluding carboxylic acids is 3. The van der Waals surface area contributed by atoms with Crippen molar-refractivity contribution in [1.29, 1.82) is 0 Å². The van der Waals surface area contributed by atoms with Gasteiger partial charge in [-0.15, -0.1) is 0 Å². The van der Waals surface area contributed by atoms with Crippen molar-refractivity contribution in [1.82, 2.24) is 9.78 Å². The van der Waals surface area contributed by atoms with Gasteiger partial charge in [0.05, 0.1) is 41.2 Å². The zero-order chi connectivity index (χ0) is 20.3. The molecule has 2 aromatic rings. The lowest BCUT2D eigenvalue weighted by molar-refractivity contribution is -0.119. The summed E-state index contributed by atoms with van der Waals surface area (Å²) >= 11 is 3.43. The van der Waals surface area contributed by atoms with E-state index in [9.17, 15) is 14.4 Å². The number of halogens is 1. The fourth-order valence-electron chi connectivity index (χ4n) is 2.55. The van der Waals surface area contributed by atoms with Gasteiger partial charge < -0.3 is 14.8 Å². The van der Waals surface area contributed by atoms with Gasteiger partial charge in [-0.25, -0.2) is 9.59 Å². The van der Waals surface area contributed by atoms with Gasteiger partial charge in [-0.05, 0) is 54.9 Å². The zero-order valence-electron chi connectivity index (χ0n) is 15.6. The van der Waals surface area contributed by atoms with E-state index in [0.717, 1.165) is 15.9 Å². The Bertz CT molecular complexity index is 872. The van der Waals surface area contributed by atoms with Crippen molar-refractivity contribution in [2.24, 2.45) is 0 Å². The van der Waals surface area contributed by atoms with Crippen molar-refractivity contribution >= 4 is 39.5 Å². The minimum absolute atomic E-state index is 0.122. The van der Waals surface area contributed by atoms with E-state index in [0.29, 0.717) is 0 Å². The Balaban J connectivity index is 2.34. The average Bonchev–Trinajstić information content (AvgIpc) is 2.92. The number of anilines is 1. The Morgan fingerprint density at radius 3 is 2.00 bits per heavy atom. The second-order valence-electron chi connectivity index (χ2n) is 5.88. The van der Waals surface area contributed by atoms with Crippen LogP contribution >= 0.6 is 15.9 Å². The van der Waals surface area contributed by atoms with Gasteiger partial charge in [0, 0.05) is 5.69 Å². The third-order valence-electron chi connectivity index (χ3n) is 4.03. The molecule has 1 N–H and O–H groups in total. The number of amides is 1. The van der Waals surface area contributed by atoms with Crippen LogP contribution in [0, 0.1) is 13.8 Å². The van der Waals surface area contributed by atoms with Crippen molar-refractivity contribution in [3.05, 3.63) is 45.2 Å². The number of benzene rings is 1. The molecule has 2 rings (SSSR count). The Kier molecular flexibility index (Phi) is 6.37. The van der Waals surface area contributed by atoms with E-state index in [1.165, 1.54) is 32.4 Å². The third-order valence-corrected chi connectivity index (χ3v) is 5.17. The molecule has 0 fully saturated rings. The SMILES string of the molecule is COC(=O)c1cc(NC(=O)C(C)n2nc(C)c(Br)c2C)cc(C(=O)OC)c1. The van der Waals surface area contributed by atoms with Crippen molar-refractivity contribution < 1.29 is 23.9 Å². The molecule has 1 atom stereocenters. The molecule has 144 valence electrons. The summed E-state index contributed by atoms with van der Waals surface area (Å²) in [6.45, 7) is 5.38. The van der Waals surface area contributed by atoms with Crippen molar-refractivity contribution in [2.45, 2.75) is 26.8 Å². The standard InChI is InChI=1S/C18H20BrN3O5/c1-9-15(19)10(2)22(21-9)11(3)16(23)20-14-7-12(17(24)26-4)6-13(8-14)18(25)27-5/h6-8,11H,1-5H3,(H,20,23). The van der Waals surface area contributed by atoms with Crippen molar-refractivity contribution in [2.75, 3.05) is 19.5 Å². The van der Waals surface area contributed by atoms with Crippen LogP contribution in [0.2, 0.25) is 0 Å². The molecule has 1 heterocycles. The second-order valence-corrected chi connectivity index (χ2v) is 6.67. The molecule has 0 radical (unpaired) electrons. The molecule has 0 saturated carbocycles. The van der Waals surface area contributed by atoms with Crippen LogP contribution in [0.4, 0.5) is 5.69 Å². The van der Waals surface area contributed by atoms with E-state index < -0.39 is 18.0 Å². The number of aromatic nitrogens is 2. The minimum Gasteiger partial charge on any atom is -0.465 e. The number of hydrogen-bond donors (Lipinski definition) is 1. The largest absolute Gasteiger partial charge is 0.465 e. The first-order valence-electron chi connectivity index (χ1n) is 8.03. The van der Waals surface area contributed by atoms with Crippen LogP contribution in [-0.2, 0) is 14.3 Å². The predicted molar refractivity (Wildman–Crippen MR) is 102 cm³/mol. The van der Waals surface area contributed by atoms with Crippen molar-refractivity contribution in [3.63, 3.8) is 0 Å². The molecule has 1 aromatic heterocycles. The number of carbonyl (C=O) groups is 3. The maximum absolute atomic E-state index is 12.7. The van der Waals surface area contributed by atoms with Gasteiger partial charge in [-0.3, -0.25) is 9.48 Å². The van der Waals surface area contributed by atoms with Crippen LogP contribution in [-0.4, -0.2) is 41.8 Å². The van der Waals surface area contributed by atoms with Crippen LogP contribution in [0.1, 0.15) is 45.1 Å². The molecule has 0 aliphatic heterocycles. The van der Waals surface area contributed by atoms with E-state index in [1.54, 1.807) is 11.6 Å². The number of aryl methyl sites for hydroxylation is 1. The van der Waals surface area contributed by atoms with Crippen LogP contribution in [0.3, 0.4) is 0 Å². The highest BCUT2D eigenvalue weighted by Gasteiger charge is 2.22. The third kappa shape index (κ3) is 4.36. The molecule has 1 aromatic carbocycles. The molecule has 1 unspecified atom stereocenters. The normalized spacial score (nSPS) is 11.6. The predicted octanol–water partition coefficient (Wildman–Crippen LogP) is 3.04. The number of esters is 2. The highest BCUT2D eigenvalue weighted by atomic mass is 79.9. The number of methoxy groups -OCH3 is 2. The fourth-order valence-corrected chi connectivity index (χ4v) is 2.81. The lowest BCUT2D eigenvalue weighted by atomic mass is 10.1. The van der Waals surface area contributed by atoms with E-state index >= 15 is 0 Å². The van der Waals surface area contributed by atoms with Gasteiger partial charge in [0.1, 0.15) is 6.04 Å². The summed E-state index contributed by atoms with van der Waals surface area (Å²) in [5.41, 5.74) is 2.10. The summed E-state index contributed by atoms with van der Waals surface area (Å²) in [5, 5.41) is 7.06. The molecule has 27 heavy (non-hydrogen) atoms. The minimum atomic E-state index is -0.633. The first-order chi connectivity index (χ1) is 12.7. The molecule has 0 aliphatic carbocycles. The number of nitrogens with zero attached hydrogens (tertiary/aromatic N) is 2. The lowest BCUT2D eigenvalue weighted by Crippen LogP contribution is -2.25. The molecular formula is C18H20BrN3O5. The van der Waals surface area contributed by atoms with Crippen LogP contribution in [0.15, 0.2) is 22.7 Å². The topological polar surface area (TPSA) is 99.5 Å². The van der Waals surface area contributed by atoms with Gasteiger partial charge in [0.15, 0.2) is 0 Å². The van der Waals surface area contributed by atoms with E-state index in [-0.39, 0.29) is 22.7 Å². The maximum atomic E-state index is 12.7. The van der Waals surface area contributed by atoms with Gasteiger partial charge in [0.25, 0.3) is 0 Å². The first kappa shape index (κ1) is 20.6. The summed E-state index contributed by atoms with van der Waals surface area (Å²) in [5.74, 6) is -1.62. The van der Waals surface area contributed by atoms with Gasteiger partial charge in [-0.1, -0.05) is 0 Å². The van der Waals surface area contributed by atoms with Crippen molar-refractivity contribution in [3.8, 4) is 0 Å². The summed E-state index contributed by atoms with van der Waals surface area (Å²) in [7, 11) is 2.46. The Morgan fingerprint density at radius 2 is 1.59 bits per heavy atom. The molecule has 0 saturated heterocycles. The molecule has 9 heteroatoms. The fraction of sp³-hybridized carbons (Fsp3) is 0.333. The van der Waals surface area contributed by atoms with Crippen LogP contribution in [0.25, 0.3) is 0 Å². The quantitative estimate of drug-likeness (QED) is 0.721. The van der Waals surface area contributed by atoms with Crippen LogP contribution < -0.4 is 5.32 Å². The number of rotatable bonds is 5. The van der Waals surface area contributed by atoms with E-state index in [2.05, 4.69) is 35.8 Å². The molecule has 0 bridgehead atoms. The molecule has 1 amide bonds. The average molecular weight is 438 g/mol. The van der Waals surface area contributed by atoms with Gasteiger partial charge in [-0.2, -0.15) is 5.10 Å². The number of nitrogens with one attached hydrogen (secondary N) is 1. The second kappa shape index (κ2) is 8.34. The molecule has 0 spiro atoms. The lowest BCUT2D eigenvalue weighted by Gasteiger charge is -2.15. The Labute approximate surface area is 165 Å². The summed E-state index contributed by atoms with van der Waals surface area (Å²) in [6, 6.07) is 3.59. The van der Waals surface area contributed by atoms with Gasteiger partial charge in [0.2, 0.25) is 5.91 Å². The van der Waals surface area contributed by atoms with E-state index in [1.807, 2.05) is 13.8 Å². The smallest absolute Gasteiger partial charge is 0.337 e. The number of ether oxygens (including phenoxy) is 2. The molecular weight excluding hydrogens is 418 g/mol.